The second kappa shape index (κ2) is 6.90. The van der Waals surface area contributed by atoms with E-state index in [1.54, 1.807) is 6.33 Å². The molecule has 8 heteroatoms. The van der Waals surface area contributed by atoms with Crippen molar-refractivity contribution in [3.63, 3.8) is 0 Å². The van der Waals surface area contributed by atoms with E-state index >= 15 is 0 Å². The topological polar surface area (TPSA) is 97.3 Å². The van der Waals surface area contributed by atoms with Gasteiger partial charge in [-0.25, -0.2) is 4.98 Å². The lowest BCUT2D eigenvalue weighted by Crippen LogP contribution is -2.26. The molecule has 0 aromatic carbocycles. The average molecular weight is 333 g/mol. The van der Waals surface area contributed by atoms with Crippen LogP contribution >= 0.6 is 0 Å². The fourth-order valence-electron chi connectivity index (χ4n) is 3.24. The molecule has 2 N–H and O–H groups in total. The van der Waals surface area contributed by atoms with Gasteiger partial charge in [-0.3, -0.25) is 4.57 Å². The molecule has 2 unspecified atom stereocenters. The number of hydrogen-bond donors (Lipinski definition) is 1. The van der Waals surface area contributed by atoms with Crippen molar-refractivity contribution in [2.24, 2.45) is 0 Å². The van der Waals surface area contributed by atoms with Gasteiger partial charge in [0, 0.05) is 13.2 Å². The van der Waals surface area contributed by atoms with Crippen LogP contribution in [-0.2, 0) is 9.47 Å². The van der Waals surface area contributed by atoms with Crippen molar-refractivity contribution in [2.75, 3.05) is 25.6 Å². The number of rotatable bonds is 4. The third-order valence-electron chi connectivity index (χ3n) is 4.57. The zero-order valence-corrected chi connectivity index (χ0v) is 13.7. The zero-order valence-electron chi connectivity index (χ0n) is 13.7. The van der Waals surface area contributed by atoms with E-state index in [1.807, 2.05) is 4.57 Å². The molecule has 2 aliphatic rings. The van der Waals surface area contributed by atoms with Crippen LogP contribution < -0.4 is 10.5 Å². The highest BCUT2D eigenvalue weighted by molar-refractivity contribution is 5.81. The van der Waals surface area contributed by atoms with E-state index in [-0.39, 0.29) is 18.3 Å². The van der Waals surface area contributed by atoms with Gasteiger partial charge in [-0.2, -0.15) is 9.97 Å². The predicted octanol–water partition coefficient (Wildman–Crippen LogP) is 2.06. The Kier molecular flexibility index (Phi) is 4.48. The Labute approximate surface area is 140 Å². The number of nitrogen functional groups attached to an aromatic ring is 1. The van der Waals surface area contributed by atoms with E-state index in [9.17, 15) is 0 Å². The first-order chi connectivity index (χ1) is 11.8. The highest BCUT2D eigenvalue weighted by Gasteiger charge is 2.21. The lowest BCUT2D eigenvalue weighted by atomic mass is 10.1. The maximum Gasteiger partial charge on any atom is 0.320 e. The summed E-state index contributed by atoms with van der Waals surface area (Å²) in [6, 6.07) is 0.270. The molecule has 2 fully saturated rings. The highest BCUT2D eigenvalue weighted by Crippen LogP contribution is 2.28. The van der Waals surface area contributed by atoms with Gasteiger partial charge in [0.25, 0.3) is 0 Å². The molecule has 130 valence electrons. The first-order valence-electron chi connectivity index (χ1n) is 8.67. The monoisotopic (exact) mass is 333 g/mol. The minimum Gasteiger partial charge on any atom is -0.461 e. The van der Waals surface area contributed by atoms with Gasteiger partial charge < -0.3 is 19.9 Å². The SMILES string of the molecule is Nc1nc(OCC2CCCCO2)nc2c1ncn2C1CCCCO1. The highest BCUT2D eigenvalue weighted by atomic mass is 16.5. The van der Waals surface area contributed by atoms with Crippen LogP contribution in [0.4, 0.5) is 5.82 Å². The molecule has 4 heterocycles. The Balaban J connectivity index is 1.55. The van der Waals surface area contributed by atoms with Crippen LogP contribution in [0.5, 0.6) is 6.01 Å². The van der Waals surface area contributed by atoms with Crippen LogP contribution in [-0.4, -0.2) is 45.4 Å². The summed E-state index contributed by atoms with van der Waals surface area (Å²) in [4.78, 5) is 13.1. The molecule has 8 nitrogen and oxygen atoms in total. The van der Waals surface area contributed by atoms with Crippen LogP contribution in [0.25, 0.3) is 11.2 Å². The van der Waals surface area contributed by atoms with Gasteiger partial charge in [-0.15, -0.1) is 0 Å². The fraction of sp³-hybridized carbons (Fsp3) is 0.688. The third-order valence-corrected chi connectivity index (χ3v) is 4.57. The summed E-state index contributed by atoms with van der Waals surface area (Å²) >= 11 is 0. The van der Waals surface area contributed by atoms with Gasteiger partial charge in [0.15, 0.2) is 17.0 Å². The van der Waals surface area contributed by atoms with E-state index in [4.69, 9.17) is 19.9 Å². The first kappa shape index (κ1) is 15.6. The smallest absolute Gasteiger partial charge is 0.320 e. The van der Waals surface area contributed by atoms with Gasteiger partial charge in [-0.05, 0) is 38.5 Å². The normalized spacial score (nSPS) is 25.0. The first-order valence-corrected chi connectivity index (χ1v) is 8.67. The summed E-state index contributed by atoms with van der Waals surface area (Å²) < 4.78 is 19.2. The van der Waals surface area contributed by atoms with Crippen LogP contribution in [0.15, 0.2) is 6.33 Å². The van der Waals surface area contributed by atoms with Gasteiger partial charge in [0.1, 0.15) is 12.8 Å². The van der Waals surface area contributed by atoms with Crippen molar-refractivity contribution in [3.8, 4) is 6.01 Å². The molecule has 0 spiro atoms. The van der Waals surface area contributed by atoms with Gasteiger partial charge in [0.05, 0.1) is 12.4 Å². The zero-order chi connectivity index (χ0) is 16.4. The number of hydrogen-bond acceptors (Lipinski definition) is 7. The summed E-state index contributed by atoms with van der Waals surface area (Å²) in [7, 11) is 0. The Bertz CT molecular complexity index is 692. The minimum absolute atomic E-state index is 0.0485. The molecule has 2 aromatic rings. The summed E-state index contributed by atoms with van der Waals surface area (Å²) in [5.74, 6) is 0.328. The molecule has 0 amide bonds. The Morgan fingerprint density at radius 3 is 2.71 bits per heavy atom. The molecule has 0 bridgehead atoms. The molecule has 2 aromatic heterocycles. The van der Waals surface area contributed by atoms with Crippen molar-refractivity contribution in [3.05, 3.63) is 6.33 Å². The van der Waals surface area contributed by atoms with Crippen LogP contribution in [0.2, 0.25) is 0 Å². The molecular weight excluding hydrogens is 310 g/mol. The molecule has 2 atom stereocenters. The van der Waals surface area contributed by atoms with Crippen LogP contribution in [0, 0.1) is 0 Å². The maximum absolute atomic E-state index is 6.03. The van der Waals surface area contributed by atoms with Crippen molar-refractivity contribution < 1.29 is 14.2 Å². The molecule has 2 aliphatic heterocycles. The van der Waals surface area contributed by atoms with Crippen LogP contribution in [0.1, 0.15) is 44.8 Å². The predicted molar refractivity (Wildman–Crippen MR) is 87.7 cm³/mol. The van der Waals surface area contributed by atoms with Gasteiger partial charge in [-0.1, -0.05) is 0 Å². The largest absolute Gasteiger partial charge is 0.461 e. The molecule has 24 heavy (non-hydrogen) atoms. The quantitative estimate of drug-likeness (QED) is 0.914. The lowest BCUT2D eigenvalue weighted by molar-refractivity contribution is -0.0299. The van der Waals surface area contributed by atoms with E-state index in [1.165, 1.54) is 6.42 Å². The fourth-order valence-corrected chi connectivity index (χ4v) is 3.24. The van der Waals surface area contributed by atoms with Gasteiger partial charge in [0.2, 0.25) is 0 Å². The average Bonchev–Trinajstić information content (AvgIpc) is 3.06. The third kappa shape index (κ3) is 3.16. The minimum atomic E-state index is -0.0485. The molecule has 0 saturated carbocycles. The molecular formula is C16H23N5O3. The van der Waals surface area contributed by atoms with Crippen molar-refractivity contribution in [1.29, 1.82) is 0 Å². The number of ether oxygens (including phenoxy) is 3. The molecule has 0 radical (unpaired) electrons. The van der Waals surface area contributed by atoms with E-state index in [0.29, 0.717) is 23.6 Å². The number of imidazole rings is 1. The van der Waals surface area contributed by atoms with Gasteiger partial charge >= 0.3 is 6.01 Å². The van der Waals surface area contributed by atoms with Crippen LogP contribution in [0.3, 0.4) is 0 Å². The maximum atomic E-state index is 6.03. The van der Waals surface area contributed by atoms with E-state index in [2.05, 4.69) is 15.0 Å². The number of anilines is 1. The second-order valence-corrected chi connectivity index (χ2v) is 6.34. The summed E-state index contributed by atoms with van der Waals surface area (Å²) in [6.45, 7) is 1.99. The number of nitrogens with two attached hydrogens (primary N) is 1. The summed E-state index contributed by atoms with van der Waals surface area (Å²) in [5.41, 5.74) is 7.28. The summed E-state index contributed by atoms with van der Waals surface area (Å²) in [6.07, 6.45) is 8.24. The Morgan fingerprint density at radius 2 is 1.96 bits per heavy atom. The van der Waals surface area contributed by atoms with E-state index in [0.717, 1.165) is 45.3 Å². The van der Waals surface area contributed by atoms with Crippen molar-refractivity contribution in [2.45, 2.75) is 50.9 Å². The lowest BCUT2D eigenvalue weighted by Gasteiger charge is -2.24. The molecule has 2 saturated heterocycles. The Hall–Kier alpha value is -1.93. The number of aromatic nitrogens is 4. The number of fused-ring (bicyclic) bond motifs is 1. The van der Waals surface area contributed by atoms with E-state index < -0.39 is 0 Å². The molecule has 4 rings (SSSR count). The van der Waals surface area contributed by atoms with Crippen molar-refractivity contribution >= 4 is 17.0 Å². The number of nitrogens with zero attached hydrogens (tertiary/aromatic N) is 4. The standard InChI is InChI=1S/C16H23N5O3/c17-14-13-15(21(10-18-13)12-6-2-4-8-23-12)20-16(19-14)24-9-11-5-1-3-7-22-11/h10-12H,1-9H2,(H2,17,19,20). The Morgan fingerprint density at radius 1 is 1.12 bits per heavy atom. The summed E-state index contributed by atoms with van der Waals surface area (Å²) in [5, 5.41) is 0. The second-order valence-electron chi connectivity index (χ2n) is 6.34. The van der Waals surface area contributed by atoms with Crippen molar-refractivity contribution in [1.82, 2.24) is 19.5 Å². The molecule has 0 aliphatic carbocycles.